The standard InChI is InChI=1S/C27H25F2N3O4/c1-5-27(28,29)19-9-6-10-20(15-19)31-25(33)24-17(3)36-26(32(24)34)18-11-12-22(35-4)21(14-18)23-16(2)8-7-13-30-23/h6-15H,5H2,1-4H3,(H-,31,33,34)/p+1. The zero-order chi connectivity index (χ0) is 26.0. The van der Waals surface area contributed by atoms with Crippen molar-refractivity contribution in [1.82, 2.24) is 4.98 Å². The highest BCUT2D eigenvalue weighted by atomic mass is 19.3. The highest BCUT2D eigenvalue weighted by Crippen LogP contribution is 2.35. The second-order valence-electron chi connectivity index (χ2n) is 8.30. The van der Waals surface area contributed by atoms with Gasteiger partial charge in [-0.1, -0.05) is 25.1 Å². The van der Waals surface area contributed by atoms with Gasteiger partial charge < -0.3 is 14.5 Å². The van der Waals surface area contributed by atoms with Crippen molar-refractivity contribution in [3.05, 3.63) is 83.4 Å². The minimum Gasteiger partial charge on any atom is -0.496 e. The number of alkyl halides is 2. The van der Waals surface area contributed by atoms with E-state index >= 15 is 0 Å². The summed E-state index contributed by atoms with van der Waals surface area (Å²) in [6.07, 6.45) is 1.30. The van der Waals surface area contributed by atoms with Crippen LogP contribution in [0.2, 0.25) is 0 Å². The Morgan fingerprint density at radius 2 is 1.94 bits per heavy atom. The molecule has 0 fully saturated rings. The predicted octanol–water partition coefficient (Wildman–Crippen LogP) is 5.91. The Morgan fingerprint density at radius 1 is 1.17 bits per heavy atom. The summed E-state index contributed by atoms with van der Waals surface area (Å²) in [5.41, 5.74) is 2.59. The fourth-order valence-electron chi connectivity index (χ4n) is 3.94. The quantitative estimate of drug-likeness (QED) is 0.246. The number of nitrogens with zero attached hydrogens (tertiary/aromatic N) is 2. The normalized spacial score (nSPS) is 11.4. The van der Waals surface area contributed by atoms with Crippen LogP contribution < -0.4 is 14.8 Å². The van der Waals surface area contributed by atoms with Gasteiger partial charge in [-0.25, -0.2) is 8.78 Å². The molecular formula is C27H26F2N3O4+. The summed E-state index contributed by atoms with van der Waals surface area (Å²) in [6, 6.07) is 14.4. The number of anilines is 1. The Bertz CT molecular complexity index is 1430. The monoisotopic (exact) mass is 494 g/mol. The number of pyridine rings is 1. The molecule has 2 aromatic heterocycles. The fourth-order valence-corrected chi connectivity index (χ4v) is 3.94. The maximum Gasteiger partial charge on any atom is 0.430 e. The minimum absolute atomic E-state index is 0.0152. The molecule has 36 heavy (non-hydrogen) atoms. The Kier molecular flexibility index (Phi) is 6.74. The number of rotatable bonds is 7. The van der Waals surface area contributed by atoms with Gasteiger partial charge in [0.2, 0.25) is 0 Å². The van der Waals surface area contributed by atoms with Crippen LogP contribution in [0.1, 0.15) is 40.7 Å². The number of hydrogen-bond donors (Lipinski definition) is 2. The first kappa shape index (κ1) is 24.8. The summed E-state index contributed by atoms with van der Waals surface area (Å²) < 4.78 is 40.1. The summed E-state index contributed by atoms with van der Waals surface area (Å²) in [5.74, 6) is -2.99. The fraction of sp³-hybridized carbons (Fsp3) is 0.222. The molecule has 7 nitrogen and oxygen atoms in total. The number of nitrogens with one attached hydrogen (secondary N) is 1. The lowest BCUT2D eigenvalue weighted by Crippen LogP contribution is -2.39. The molecule has 9 heteroatoms. The molecule has 0 unspecified atom stereocenters. The summed E-state index contributed by atoms with van der Waals surface area (Å²) >= 11 is 0. The molecule has 186 valence electrons. The number of aryl methyl sites for hydroxylation is 2. The molecule has 0 aliphatic heterocycles. The van der Waals surface area contributed by atoms with Crippen molar-refractivity contribution in [1.29, 1.82) is 0 Å². The van der Waals surface area contributed by atoms with Crippen LogP contribution >= 0.6 is 0 Å². The Balaban J connectivity index is 1.70. The summed E-state index contributed by atoms with van der Waals surface area (Å²) in [4.78, 5) is 17.4. The van der Waals surface area contributed by atoms with E-state index in [0.29, 0.717) is 27.3 Å². The highest BCUT2D eigenvalue weighted by Gasteiger charge is 2.35. The first-order chi connectivity index (χ1) is 17.2. The Hall–Kier alpha value is -4.27. The number of ether oxygens (including phenoxy) is 1. The van der Waals surface area contributed by atoms with Gasteiger partial charge in [0, 0.05) is 36.4 Å². The number of benzene rings is 2. The van der Waals surface area contributed by atoms with Crippen LogP contribution in [0.25, 0.3) is 22.7 Å². The SMILES string of the molecule is CCC(F)(F)c1cccc(NC(=O)c2c(C)oc(-c3ccc(OC)c(-c4ncccc4C)c3)[n+]2O)c1. The highest BCUT2D eigenvalue weighted by molar-refractivity contribution is 6.02. The molecule has 0 aliphatic rings. The number of carbonyl (C=O) groups is 1. The third-order valence-electron chi connectivity index (χ3n) is 5.90. The van der Waals surface area contributed by atoms with E-state index in [2.05, 4.69) is 10.3 Å². The zero-order valence-electron chi connectivity index (χ0n) is 20.3. The summed E-state index contributed by atoms with van der Waals surface area (Å²) in [6.45, 7) is 4.84. The van der Waals surface area contributed by atoms with Gasteiger partial charge in [-0.2, -0.15) is 0 Å². The number of amides is 1. The van der Waals surface area contributed by atoms with Crippen molar-refractivity contribution in [2.75, 3.05) is 12.4 Å². The average molecular weight is 495 g/mol. The first-order valence-electron chi connectivity index (χ1n) is 11.3. The molecule has 0 atom stereocenters. The molecule has 0 saturated heterocycles. The molecule has 0 aliphatic carbocycles. The maximum absolute atomic E-state index is 14.1. The molecule has 0 radical (unpaired) electrons. The molecular weight excluding hydrogens is 468 g/mol. The second-order valence-corrected chi connectivity index (χ2v) is 8.30. The lowest BCUT2D eigenvalue weighted by Gasteiger charge is -2.15. The number of methoxy groups -OCH3 is 1. The van der Waals surface area contributed by atoms with Crippen LogP contribution in [0, 0.1) is 13.8 Å². The van der Waals surface area contributed by atoms with Gasteiger partial charge in [0.1, 0.15) is 5.75 Å². The van der Waals surface area contributed by atoms with Crippen molar-refractivity contribution in [2.45, 2.75) is 33.1 Å². The molecule has 2 aromatic carbocycles. The van der Waals surface area contributed by atoms with Crippen molar-refractivity contribution in [2.24, 2.45) is 0 Å². The van der Waals surface area contributed by atoms with Crippen LogP contribution in [0.4, 0.5) is 14.5 Å². The summed E-state index contributed by atoms with van der Waals surface area (Å²) in [7, 11) is 1.55. The van der Waals surface area contributed by atoms with Crippen molar-refractivity contribution in [3.63, 3.8) is 0 Å². The van der Waals surface area contributed by atoms with E-state index in [4.69, 9.17) is 9.15 Å². The van der Waals surface area contributed by atoms with Gasteiger partial charge in [-0.15, -0.1) is 0 Å². The van der Waals surface area contributed by atoms with Crippen LogP contribution in [0.15, 0.2) is 65.2 Å². The lowest BCUT2D eigenvalue weighted by molar-refractivity contribution is -0.898. The van der Waals surface area contributed by atoms with E-state index in [1.807, 2.05) is 19.1 Å². The van der Waals surface area contributed by atoms with Crippen LogP contribution in [-0.2, 0) is 5.92 Å². The smallest absolute Gasteiger partial charge is 0.430 e. The van der Waals surface area contributed by atoms with E-state index in [1.54, 1.807) is 31.5 Å². The van der Waals surface area contributed by atoms with Crippen molar-refractivity contribution >= 4 is 11.6 Å². The van der Waals surface area contributed by atoms with E-state index in [9.17, 15) is 18.8 Å². The molecule has 0 saturated carbocycles. The molecule has 4 rings (SSSR count). The number of oxazole rings is 1. The number of halogens is 2. The predicted molar refractivity (Wildman–Crippen MR) is 129 cm³/mol. The van der Waals surface area contributed by atoms with Crippen LogP contribution in [0.5, 0.6) is 5.75 Å². The molecule has 4 aromatic rings. The Morgan fingerprint density at radius 3 is 2.64 bits per heavy atom. The third-order valence-corrected chi connectivity index (χ3v) is 5.90. The molecule has 2 N–H and O–H groups in total. The van der Waals surface area contributed by atoms with Crippen molar-refractivity contribution < 1.29 is 32.7 Å². The van der Waals surface area contributed by atoms with Gasteiger partial charge in [-0.3, -0.25) is 15.0 Å². The van der Waals surface area contributed by atoms with Crippen LogP contribution in [0.3, 0.4) is 0 Å². The van der Waals surface area contributed by atoms with Gasteiger partial charge >= 0.3 is 17.5 Å². The molecule has 0 spiro atoms. The minimum atomic E-state index is -3.02. The third kappa shape index (κ3) is 4.64. The van der Waals surface area contributed by atoms with Crippen molar-refractivity contribution in [3.8, 4) is 28.5 Å². The maximum atomic E-state index is 14.1. The average Bonchev–Trinajstić information content (AvgIpc) is 3.17. The molecule has 2 heterocycles. The van der Waals surface area contributed by atoms with Crippen LogP contribution in [-0.4, -0.2) is 23.2 Å². The van der Waals surface area contributed by atoms with Gasteiger partial charge in [0.05, 0.1) is 23.1 Å². The number of aromatic nitrogens is 2. The van der Waals surface area contributed by atoms with E-state index in [1.165, 1.54) is 38.1 Å². The van der Waals surface area contributed by atoms with Gasteiger partial charge in [-0.05, 0) is 48.9 Å². The first-order valence-corrected chi connectivity index (χ1v) is 11.3. The topological polar surface area (TPSA) is 88.5 Å². The molecule has 1 amide bonds. The van der Waals surface area contributed by atoms with E-state index in [-0.39, 0.29) is 35.0 Å². The number of carbonyl (C=O) groups excluding carboxylic acids is 1. The lowest BCUT2D eigenvalue weighted by atomic mass is 10.0. The molecule has 0 bridgehead atoms. The van der Waals surface area contributed by atoms with Gasteiger partial charge in [0.15, 0.2) is 5.76 Å². The van der Waals surface area contributed by atoms with E-state index < -0.39 is 11.8 Å². The Labute approximate surface area is 207 Å². The second kappa shape index (κ2) is 9.77. The van der Waals surface area contributed by atoms with E-state index in [0.717, 1.165) is 5.56 Å². The van der Waals surface area contributed by atoms with Gasteiger partial charge in [0.25, 0.3) is 5.92 Å². The zero-order valence-corrected chi connectivity index (χ0v) is 20.3. The number of hydrogen-bond acceptors (Lipinski definition) is 5. The summed E-state index contributed by atoms with van der Waals surface area (Å²) in [5, 5.41) is 13.4. The largest absolute Gasteiger partial charge is 0.496 e.